The molecule has 0 radical (unpaired) electrons. The molecule has 1 rings (SSSR count). The van der Waals surface area contributed by atoms with E-state index in [2.05, 4.69) is 10.4 Å². The molecule has 0 spiro atoms. The van der Waals surface area contributed by atoms with Gasteiger partial charge in [-0.3, -0.25) is 4.68 Å². The fourth-order valence-corrected chi connectivity index (χ4v) is 2.88. The second-order valence-corrected chi connectivity index (χ2v) is 8.27. The van der Waals surface area contributed by atoms with E-state index in [1.807, 2.05) is 13.8 Å². The number of ether oxygens (including phenoxy) is 1. The number of rotatable bonds is 8. The largest absolute Gasteiger partial charge is 0.493 e. The Morgan fingerprint density at radius 1 is 1.43 bits per heavy atom. The van der Waals surface area contributed by atoms with Crippen LogP contribution in [0, 0.1) is 0 Å². The highest BCUT2D eigenvalue weighted by molar-refractivity contribution is 7.92. The van der Waals surface area contributed by atoms with Crippen molar-refractivity contribution in [3.8, 4) is 5.75 Å². The number of hydrogen-bond donors (Lipinski definition) is 1. The van der Waals surface area contributed by atoms with Gasteiger partial charge in [0.05, 0.1) is 29.8 Å². The number of sulfone groups is 1. The van der Waals surface area contributed by atoms with Gasteiger partial charge in [-0.2, -0.15) is 5.10 Å². The SMILES string of the molecule is CCCNC(c1c(OC)cnn1CC)C(C)(C)S(C)(=O)=O. The molecule has 0 aliphatic carbocycles. The number of hydrogen-bond acceptors (Lipinski definition) is 5. The van der Waals surface area contributed by atoms with E-state index < -0.39 is 14.6 Å². The maximum Gasteiger partial charge on any atom is 0.161 e. The first kappa shape index (κ1) is 18.0. The van der Waals surface area contributed by atoms with Gasteiger partial charge in [-0.05, 0) is 33.7 Å². The molecule has 21 heavy (non-hydrogen) atoms. The van der Waals surface area contributed by atoms with E-state index in [0.29, 0.717) is 12.3 Å². The quantitative estimate of drug-likeness (QED) is 0.791. The molecular formula is C14H27N3O3S. The van der Waals surface area contributed by atoms with E-state index in [1.165, 1.54) is 6.26 Å². The van der Waals surface area contributed by atoms with Crippen LogP contribution in [0.25, 0.3) is 0 Å². The third-order valence-corrected chi connectivity index (χ3v) is 6.03. The van der Waals surface area contributed by atoms with E-state index in [9.17, 15) is 8.42 Å². The van der Waals surface area contributed by atoms with Crippen LogP contribution in [-0.2, 0) is 16.4 Å². The third-order valence-electron chi connectivity index (χ3n) is 3.89. The Kier molecular flexibility index (Phi) is 5.81. The number of aryl methyl sites for hydroxylation is 1. The van der Waals surface area contributed by atoms with Crippen LogP contribution in [0.3, 0.4) is 0 Å². The van der Waals surface area contributed by atoms with Crippen LogP contribution in [-0.4, -0.2) is 42.9 Å². The Morgan fingerprint density at radius 3 is 2.48 bits per heavy atom. The maximum atomic E-state index is 12.2. The van der Waals surface area contributed by atoms with Crippen LogP contribution < -0.4 is 10.1 Å². The Hall–Kier alpha value is -1.08. The summed E-state index contributed by atoms with van der Waals surface area (Å²) in [5.74, 6) is 0.613. The first-order chi connectivity index (χ1) is 9.70. The highest BCUT2D eigenvalue weighted by atomic mass is 32.2. The zero-order valence-electron chi connectivity index (χ0n) is 13.8. The average molecular weight is 317 g/mol. The van der Waals surface area contributed by atoms with E-state index in [4.69, 9.17) is 4.74 Å². The van der Waals surface area contributed by atoms with Gasteiger partial charge in [0.1, 0.15) is 0 Å². The summed E-state index contributed by atoms with van der Waals surface area (Å²) in [5, 5.41) is 7.63. The van der Waals surface area contributed by atoms with Gasteiger partial charge in [0.2, 0.25) is 0 Å². The summed E-state index contributed by atoms with van der Waals surface area (Å²) in [4.78, 5) is 0. The van der Waals surface area contributed by atoms with Gasteiger partial charge in [-0.25, -0.2) is 8.42 Å². The molecule has 0 bridgehead atoms. The van der Waals surface area contributed by atoms with Gasteiger partial charge >= 0.3 is 0 Å². The predicted octanol–water partition coefficient (Wildman–Crippen LogP) is 1.78. The molecule has 0 aliphatic rings. The lowest BCUT2D eigenvalue weighted by atomic mass is 9.98. The van der Waals surface area contributed by atoms with Crippen LogP contribution in [0.15, 0.2) is 6.20 Å². The number of nitrogens with one attached hydrogen (secondary N) is 1. The first-order valence-corrected chi connectivity index (χ1v) is 9.12. The lowest BCUT2D eigenvalue weighted by molar-refractivity contribution is 0.361. The second-order valence-electron chi connectivity index (χ2n) is 5.68. The monoisotopic (exact) mass is 317 g/mol. The third kappa shape index (κ3) is 3.58. The molecule has 7 heteroatoms. The van der Waals surface area contributed by atoms with Crippen molar-refractivity contribution in [1.29, 1.82) is 0 Å². The Labute approximate surface area is 127 Å². The molecule has 0 saturated heterocycles. The number of aromatic nitrogens is 2. The Balaban J connectivity index is 3.42. The molecule has 0 fully saturated rings. The standard InChI is InChI=1S/C14H27N3O3S/c1-7-9-15-13(14(3,4)21(6,18)19)12-11(20-5)10-16-17(12)8-2/h10,13,15H,7-9H2,1-6H3. The molecule has 1 unspecified atom stereocenters. The van der Waals surface area contributed by atoms with Gasteiger partial charge in [0.15, 0.2) is 15.6 Å². The fourth-order valence-electron chi connectivity index (χ4n) is 2.25. The lowest BCUT2D eigenvalue weighted by Gasteiger charge is -2.34. The molecular weight excluding hydrogens is 290 g/mol. The zero-order valence-corrected chi connectivity index (χ0v) is 14.6. The molecule has 122 valence electrons. The minimum Gasteiger partial charge on any atom is -0.493 e. The minimum atomic E-state index is -3.27. The average Bonchev–Trinajstić information content (AvgIpc) is 2.80. The van der Waals surface area contributed by atoms with Crippen molar-refractivity contribution < 1.29 is 13.2 Å². The summed E-state index contributed by atoms with van der Waals surface area (Å²) in [6.07, 6.45) is 3.82. The van der Waals surface area contributed by atoms with Crippen LogP contribution in [0.2, 0.25) is 0 Å². The Morgan fingerprint density at radius 2 is 2.05 bits per heavy atom. The van der Waals surface area contributed by atoms with Gasteiger partial charge in [0.25, 0.3) is 0 Å². The highest BCUT2D eigenvalue weighted by Gasteiger charge is 2.42. The van der Waals surface area contributed by atoms with Crippen LogP contribution in [0.4, 0.5) is 0 Å². The van der Waals surface area contributed by atoms with Crippen molar-refractivity contribution >= 4 is 9.84 Å². The summed E-state index contributed by atoms with van der Waals surface area (Å²) in [6.45, 7) is 8.88. The molecule has 0 aromatic carbocycles. The van der Waals surface area contributed by atoms with Crippen molar-refractivity contribution in [3.63, 3.8) is 0 Å². The number of methoxy groups -OCH3 is 1. The second kappa shape index (κ2) is 6.79. The van der Waals surface area contributed by atoms with Crippen LogP contribution in [0.1, 0.15) is 45.9 Å². The molecule has 0 saturated carbocycles. The molecule has 6 nitrogen and oxygen atoms in total. The summed E-state index contributed by atoms with van der Waals surface area (Å²) in [5.41, 5.74) is 0.781. The molecule has 1 aromatic rings. The summed E-state index contributed by atoms with van der Waals surface area (Å²) in [7, 11) is -1.69. The van der Waals surface area contributed by atoms with Crippen molar-refractivity contribution in [3.05, 3.63) is 11.9 Å². The topological polar surface area (TPSA) is 73.2 Å². The van der Waals surface area contributed by atoms with E-state index >= 15 is 0 Å². The van der Waals surface area contributed by atoms with Gasteiger partial charge in [-0.15, -0.1) is 0 Å². The molecule has 0 aliphatic heterocycles. The van der Waals surface area contributed by atoms with Gasteiger partial charge in [0, 0.05) is 12.8 Å². The molecule has 1 heterocycles. The molecule has 1 aromatic heterocycles. The van der Waals surface area contributed by atoms with Crippen molar-refractivity contribution in [2.75, 3.05) is 19.9 Å². The minimum absolute atomic E-state index is 0.384. The smallest absolute Gasteiger partial charge is 0.161 e. The molecule has 0 amide bonds. The molecule has 1 N–H and O–H groups in total. The van der Waals surface area contributed by atoms with E-state index in [1.54, 1.807) is 31.8 Å². The summed E-state index contributed by atoms with van der Waals surface area (Å²) < 4.78 is 30.7. The highest BCUT2D eigenvalue weighted by Crippen LogP contribution is 2.36. The van der Waals surface area contributed by atoms with Crippen LogP contribution >= 0.6 is 0 Å². The van der Waals surface area contributed by atoms with Crippen LogP contribution in [0.5, 0.6) is 5.75 Å². The first-order valence-electron chi connectivity index (χ1n) is 7.23. The predicted molar refractivity (Wildman–Crippen MR) is 84.4 cm³/mol. The number of nitrogens with zero attached hydrogens (tertiary/aromatic N) is 2. The van der Waals surface area contributed by atoms with E-state index in [0.717, 1.165) is 18.7 Å². The zero-order chi connectivity index (χ0) is 16.3. The van der Waals surface area contributed by atoms with Crippen molar-refractivity contribution in [2.45, 2.75) is 51.4 Å². The van der Waals surface area contributed by atoms with Crippen molar-refractivity contribution in [2.24, 2.45) is 0 Å². The normalized spacial score (nSPS) is 14.2. The van der Waals surface area contributed by atoms with Crippen molar-refractivity contribution in [1.82, 2.24) is 15.1 Å². The van der Waals surface area contributed by atoms with Gasteiger partial charge in [-0.1, -0.05) is 6.92 Å². The Bertz CT molecular complexity index is 543. The fraction of sp³-hybridized carbons (Fsp3) is 0.786. The lowest BCUT2D eigenvalue weighted by Crippen LogP contribution is -2.46. The summed E-state index contributed by atoms with van der Waals surface area (Å²) >= 11 is 0. The van der Waals surface area contributed by atoms with Gasteiger partial charge < -0.3 is 10.1 Å². The maximum absolute atomic E-state index is 12.2. The summed E-state index contributed by atoms with van der Waals surface area (Å²) in [6, 6.07) is -0.384. The molecule has 1 atom stereocenters. The van der Waals surface area contributed by atoms with E-state index in [-0.39, 0.29) is 6.04 Å².